The van der Waals surface area contributed by atoms with Crippen LogP contribution in [0, 0.1) is 17.8 Å². The van der Waals surface area contributed by atoms with Crippen molar-refractivity contribution in [3.05, 3.63) is 12.2 Å². The van der Waals surface area contributed by atoms with Gasteiger partial charge in [0, 0.05) is 6.04 Å². The first-order valence-electron chi connectivity index (χ1n) is 7.27. The molecule has 0 saturated heterocycles. The van der Waals surface area contributed by atoms with Gasteiger partial charge in [-0.1, -0.05) is 31.9 Å². The largest absolute Gasteiger partial charge is 0.481 e. The molecule has 0 bridgehead atoms. The minimum atomic E-state index is -0.860. The van der Waals surface area contributed by atoms with Gasteiger partial charge in [-0.2, -0.15) is 0 Å². The molecule has 4 atom stereocenters. The maximum atomic E-state index is 12.3. The number of rotatable bonds is 3. The summed E-state index contributed by atoms with van der Waals surface area (Å²) in [7, 11) is 0. The summed E-state index contributed by atoms with van der Waals surface area (Å²) >= 11 is 0. The molecule has 1 fully saturated rings. The highest BCUT2D eigenvalue weighted by molar-refractivity contribution is 5.85. The normalized spacial score (nSPS) is 34.8. The van der Waals surface area contributed by atoms with Crippen molar-refractivity contribution >= 4 is 11.9 Å². The molecule has 2 rings (SSSR count). The zero-order valence-electron chi connectivity index (χ0n) is 11.5. The van der Waals surface area contributed by atoms with E-state index in [1.54, 1.807) is 0 Å². The maximum absolute atomic E-state index is 12.3. The van der Waals surface area contributed by atoms with Gasteiger partial charge in [-0.05, 0) is 31.6 Å². The predicted molar refractivity (Wildman–Crippen MR) is 72.6 cm³/mol. The Labute approximate surface area is 114 Å². The van der Waals surface area contributed by atoms with E-state index in [1.807, 2.05) is 12.2 Å². The fourth-order valence-electron chi connectivity index (χ4n) is 3.20. The monoisotopic (exact) mass is 265 g/mol. The summed E-state index contributed by atoms with van der Waals surface area (Å²) in [6.07, 6.45) is 9.36. The molecule has 0 heterocycles. The molecule has 0 radical (unpaired) electrons. The Morgan fingerprint density at radius 1 is 1.11 bits per heavy atom. The lowest BCUT2D eigenvalue weighted by Gasteiger charge is -2.32. The number of carboxylic acids is 1. The van der Waals surface area contributed by atoms with Crippen molar-refractivity contribution < 1.29 is 14.7 Å². The lowest BCUT2D eigenvalue weighted by atomic mass is 9.81. The summed E-state index contributed by atoms with van der Waals surface area (Å²) in [5.41, 5.74) is 0. The number of hydrogen-bond donors (Lipinski definition) is 2. The standard InChI is InChI=1S/C15H23NO3/c1-10-6-2-5-9-13(10)16-14(17)11-7-3-4-8-12(11)15(18)19/h3-4,10-13H,2,5-9H2,1H3,(H,16,17)(H,18,19)/t10?,11-,12+,13?/m1/s1. The maximum Gasteiger partial charge on any atom is 0.307 e. The minimum Gasteiger partial charge on any atom is -0.481 e. The van der Waals surface area contributed by atoms with Gasteiger partial charge in [-0.15, -0.1) is 0 Å². The third-order valence-electron chi connectivity index (χ3n) is 4.53. The number of allylic oxidation sites excluding steroid dienone is 2. The Hall–Kier alpha value is -1.32. The lowest BCUT2D eigenvalue weighted by Crippen LogP contribution is -2.46. The van der Waals surface area contributed by atoms with Gasteiger partial charge < -0.3 is 10.4 Å². The van der Waals surface area contributed by atoms with E-state index in [0.717, 1.165) is 19.3 Å². The first kappa shape index (κ1) is 14.1. The van der Waals surface area contributed by atoms with Gasteiger partial charge in [0.15, 0.2) is 0 Å². The van der Waals surface area contributed by atoms with Crippen LogP contribution >= 0.6 is 0 Å². The number of carbonyl (C=O) groups excluding carboxylic acids is 1. The average molecular weight is 265 g/mol. The van der Waals surface area contributed by atoms with Gasteiger partial charge in [0.25, 0.3) is 0 Å². The van der Waals surface area contributed by atoms with Gasteiger partial charge in [0.1, 0.15) is 0 Å². The van der Waals surface area contributed by atoms with Crippen molar-refractivity contribution in [3.63, 3.8) is 0 Å². The smallest absolute Gasteiger partial charge is 0.307 e. The van der Waals surface area contributed by atoms with E-state index in [1.165, 1.54) is 6.42 Å². The van der Waals surface area contributed by atoms with Crippen LogP contribution in [0.1, 0.15) is 45.4 Å². The van der Waals surface area contributed by atoms with E-state index >= 15 is 0 Å². The van der Waals surface area contributed by atoms with Crippen LogP contribution in [-0.4, -0.2) is 23.0 Å². The summed E-state index contributed by atoms with van der Waals surface area (Å²) < 4.78 is 0. The van der Waals surface area contributed by atoms with Crippen LogP contribution in [0.5, 0.6) is 0 Å². The van der Waals surface area contributed by atoms with E-state index in [9.17, 15) is 14.7 Å². The average Bonchev–Trinajstić information content (AvgIpc) is 2.41. The van der Waals surface area contributed by atoms with E-state index < -0.39 is 17.8 Å². The van der Waals surface area contributed by atoms with Crippen molar-refractivity contribution in [1.82, 2.24) is 5.32 Å². The SMILES string of the molecule is CC1CCCCC1NC(=O)[C@@H]1CC=CC[C@@H]1C(=O)O. The Bertz CT molecular complexity index is 378. The van der Waals surface area contributed by atoms with E-state index in [4.69, 9.17) is 0 Å². The van der Waals surface area contributed by atoms with Crippen LogP contribution in [0.25, 0.3) is 0 Å². The van der Waals surface area contributed by atoms with Crippen molar-refractivity contribution in [2.24, 2.45) is 17.8 Å². The molecule has 0 aromatic carbocycles. The van der Waals surface area contributed by atoms with Crippen LogP contribution in [0.4, 0.5) is 0 Å². The van der Waals surface area contributed by atoms with Crippen LogP contribution in [0.15, 0.2) is 12.2 Å². The molecule has 0 spiro atoms. The highest BCUT2D eigenvalue weighted by Gasteiger charge is 2.35. The molecule has 0 aromatic rings. The van der Waals surface area contributed by atoms with E-state index in [2.05, 4.69) is 12.2 Å². The Morgan fingerprint density at radius 3 is 2.37 bits per heavy atom. The van der Waals surface area contributed by atoms with Crippen molar-refractivity contribution in [2.75, 3.05) is 0 Å². The molecule has 2 aliphatic carbocycles. The number of aliphatic carboxylic acids is 1. The number of carboxylic acid groups (broad SMARTS) is 1. The zero-order valence-corrected chi connectivity index (χ0v) is 11.5. The van der Waals surface area contributed by atoms with Crippen molar-refractivity contribution in [3.8, 4) is 0 Å². The molecule has 19 heavy (non-hydrogen) atoms. The van der Waals surface area contributed by atoms with Crippen LogP contribution in [0.3, 0.4) is 0 Å². The van der Waals surface area contributed by atoms with Gasteiger partial charge in [-0.3, -0.25) is 9.59 Å². The fourth-order valence-corrected chi connectivity index (χ4v) is 3.20. The summed E-state index contributed by atoms with van der Waals surface area (Å²) in [4.78, 5) is 23.5. The second kappa shape index (κ2) is 6.22. The van der Waals surface area contributed by atoms with Gasteiger partial charge >= 0.3 is 5.97 Å². The third-order valence-corrected chi connectivity index (χ3v) is 4.53. The van der Waals surface area contributed by atoms with Gasteiger partial charge in [0.2, 0.25) is 5.91 Å². The summed E-state index contributed by atoms with van der Waals surface area (Å²) in [5, 5.41) is 12.3. The highest BCUT2D eigenvalue weighted by Crippen LogP contribution is 2.28. The molecule has 0 aliphatic heterocycles. The lowest BCUT2D eigenvalue weighted by molar-refractivity contribution is -0.147. The molecule has 2 N–H and O–H groups in total. The molecule has 2 unspecified atom stereocenters. The summed E-state index contributed by atoms with van der Waals surface area (Å²) in [6, 6.07) is 0.224. The Kier molecular flexibility index (Phi) is 4.61. The number of hydrogen-bond acceptors (Lipinski definition) is 2. The van der Waals surface area contributed by atoms with Crippen LogP contribution in [0.2, 0.25) is 0 Å². The fraction of sp³-hybridized carbons (Fsp3) is 0.733. The van der Waals surface area contributed by atoms with Crippen molar-refractivity contribution in [2.45, 2.75) is 51.5 Å². The Balaban J connectivity index is 1.97. The van der Waals surface area contributed by atoms with Gasteiger partial charge in [0.05, 0.1) is 11.8 Å². The molecule has 4 heteroatoms. The highest BCUT2D eigenvalue weighted by atomic mass is 16.4. The van der Waals surface area contributed by atoms with Gasteiger partial charge in [-0.25, -0.2) is 0 Å². The first-order valence-corrected chi connectivity index (χ1v) is 7.27. The Morgan fingerprint density at radius 2 is 1.74 bits per heavy atom. The second-order valence-electron chi connectivity index (χ2n) is 5.87. The van der Waals surface area contributed by atoms with E-state index in [-0.39, 0.29) is 11.9 Å². The van der Waals surface area contributed by atoms with Crippen LogP contribution < -0.4 is 5.32 Å². The minimum absolute atomic E-state index is 0.0736. The summed E-state index contributed by atoms with van der Waals surface area (Å²) in [5.74, 6) is -1.41. The number of amides is 1. The molecule has 0 aromatic heterocycles. The molecule has 1 saturated carbocycles. The molecule has 1 amide bonds. The third kappa shape index (κ3) is 3.37. The van der Waals surface area contributed by atoms with E-state index in [0.29, 0.717) is 18.8 Å². The van der Waals surface area contributed by atoms with Crippen molar-refractivity contribution in [1.29, 1.82) is 0 Å². The number of nitrogens with one attached hydrogen (secondary N) is 1. The molecule has 4 nitrogen and oxygen atoms in total. The first-order chi connectivity index (χ1) is 9.09. The molecular weight excluding hydrogens is 242 g/mol. The molecule has 106 valence electrons. The predicted octanol–water partition coefficient (Wildman–Crippen LogP) is 2.35. The quantitative estimate of drug-likeness (QED) is 0.770. The van der Waals surface area contributed by atoms with Crippen LogP contribution in [-0.2, 0) is 9.59 Å². The molecular formula is C15H23NO3. The topological polar surface area (TPSA) is 66.4 Å². The second-order valence-corrected chi connectivity index (χ2v) is 5.87. The zero-order chi connectivity index (χ0) is 13.8. The number of carbonyl (C=O) groups is 2. The summed E-state index contributed by atoms with van der Waals surface area (Å²) in [6.45, 7) is 2.17. The molecule has 2 aliphatic rings.